The van der Waals surface area contributed by atoms with Crippen LogP contribution in [0.25, 0.3) is 0 Å². The molecule has 2 fully saturated rings. The van der Waals surface area contributed by atoms with Gasteiger partial charge < -0.3 is 30.5 Å². The van der Waals surface area contributed by atoms with Crippen molar-refractivity contribution in [2.75, 3.05) is 40.3 Å². The number of hydrogen-bond donors (Lipinski definition) is 3. The number of likely N-dealkylation sites (N-methyl/N-ethyl adjacent to an activating group) is 1. The summed E-state index contributed by atoms with van der Waals surface area (Å²) < 4.78 is 35.4. The van der Waals surface area contributed by atoms with Crippen molar-refractivity contribution in [3.8, 4) is 5.88 Å². The van der Waals surface area contributed by atoms with Crippen molar-refractivity contribution in [3.05, 3.63) is 59.3 Å². The first-order chi connectivity index (χ1) is 23.4. The number of pyridine rings is 1. The number of amides is 4. The van der Waals surface area contributed by atoms with Gasteiger partial charge in [-0.3, -0.25) is 19.2 Å². The number of piperazine rings is 1. The molecular weight excluding hydrogens is 634 g/mol. The van der Waals surface area contributed by atoms with Crippen LogP contribution in [0.2, 0.25) is 0 Å². The molecule has 1 saturated heterocycles. The molecule has 1 aromatic carbocycles. The SMILES string of the molecule is CCC(=O)N[C@@H](C(=O)N1CCN(C)CC1)C(C)c1ccc(CNC(=O)[C@@H](NC(=O)C(F)(F)c2ccc(OC)nc2)C2CCCCCC2)cc1. The molecule has 2 heterocycles. The summed E-state index contributed by atoms with van der Waals surface area (Å²) in [4.78, 5) is 60.3. The van der Waals surface area contributed by atoms with Crippen LogP contribution in [0, 0.1) is 5.92 Å². The molecule has 49 heavy (non-hydrogen) atoms. The number of aromatic nitrogens is 1. The van der Waals surface area contributed by atoms with E-state index in [-0.39, 0.29) is 42.5 Å². The Balaban J connectivity index is 1.44. The number of ether oxygens (including phenoxy) is 1. The van der Waals surface area contributed by atoms with Crippen LogP contribution in [0.3, 0.4) is 0 Å². The molecule has 4 rings (SSSR count). The van der Waals surface area contributed by atoms with Gasteiger partial charge in [0.15, 0.2) is 0 Å². The van der Waals surface area contributed by atoms with Gasteiger partial charge in [0.1, 0.15) is 12.1 Å². The van der Waals surface area contributed by atoms with Crippen molar-refractivity contribution in [1.29, 1.82) is 0 Å². The largest absolute Gasteiger partial charge is 0.481 e. The third kappa shape index (κ3) is 9.96. The molecule has 0 radical (unpaired) electrons. The van der Waals surface area contributed by atoms with E-state index >= 15 is 8.78 Å². The predicted octanol–water partition coefficient (Wildman–Crippen LogP) is 3.73. The summed E-state index contributed by atoms with van der Waals surface area (Å²) in [6.07, 6.45) is 6.11. The zero-order valence-electron chi connectivity index (χ0n) is 29.0. The molecule has 13 heteroatoms. The van der Waals surface area contributed by atoms with Crippen molar-refractivity contribution in [2.24, 2.45) is 5.92 Å². The lowest BCUT2D eigenvalue weighted by atomic mass is 9.90. The first-order valence-corrected chi connectivity index (χ1v) is 17.3. The maximum atomic E-state index is 15.3. The highest BCUT2D eigenvalue weighted by atomic mass is 19.3. The molecular formula is C36H50F2N6O5. The van der Waals surface area contributed by atoms with E-state index in [1.807, 2.05) is 38.2 Å². The van der Waals surface area contributed by atoms with Gasteiger partial charge in [0.05, 0.1) is 7.11 Å². The van der Waals surface area contributed by atoms with Crippen molar-refractivity contribution < 1.29 is 32.7 Å². The lowest BCUT2D eigenvalue weighted by molar-refractivity contribution is -0.150. The van der Waals surface area contributed by atoms with Crippen LogP contribution >= 0.6 is 0 Å². The lowest BCUT2D eigenvalue weighted by Gasteiger charge is -2.36. The molecule has 3 N–H and O–H groups in total. The number of carbonyl (C=O) groups is 4. The van der Waals surface area contributed by atoms with Gasteiger partial charge >= 0.3 is 5.92 Å². The molecule has 0 bridgehead atoms. The second kappa shape index (κ2) is 17.5. The maximum absolute atomic E-state index is 15.3. The quantitative estimate of drug-likeness (QED) is 0.274. The average Bonchev–Trinajstić information content (AvgIpc) is 3.41. The summed E-state index contributed by atoms with van der Waals surface area (Å²) in [6.45, 7) is 6.49. The van der Waals surface area contributed by atoms with E-state index in [9.17, 15) is 19.2 Å². The Bertz CT molecular complexity index is 1410. The van der Waals surface area contributed by atoms with E-state index in [1.165, 1.54) is 13.2 Å². The Kier molecular flexibility index (Phi) is 13.5. The monoisotopic (exact) mass is 684 g/mol. The third-order valence-electron chi connectivity index (χ3n) is 9.72. The summed E-state index contributed by atoms with van der Waals surface area (Å²) in [7, 11) is 3.37. The summed E-state index contributed by atoms with van der Waals surface area (Å²) in [5, 5.41) is 8.15. The number of benzene rings is 1. The number of hydrogen-bond acceptors (Lipinski definition) is 7. The highest BCUT2D eigenvalue weighted by Crippen LogP contribution is 2.31. The Morgan fingerprint density at radius 2 is 1.61 bits per heavy atom. The van der Waals surface area contributed by atoms with Crippen molar-refractivity contribution in [2.45, 2.75) is 89.3 Å². The zero-order valence-corrected chi connectivity index (χ0v) is 29.0. The van der Waals surface area contributed by atoms with Gasteiger partial charge in [-0.05, 0) is 43.0 Å². The van der Waals surface area contributed by atoms with Crippen molar-refractivity contribution in [1.82, 2.24) is 30.7 Å². The Morgan fingerprint density at radius 3 is 2.18 bits per heavy atom. The van der Waals surface area contributed by atoms with Gasteiger partial charge in [-0.25, -0.2) is 4.98 Å². The van der Waals surface area contributed by atoms with Gasteiger partial charge in [-0.1, -0.05) is 63.8 Å². The topological polar surface area (TPSA) is 133 Å². The molecule has 1 unspecified atom stereocenters. The summed E-state index contributed by atoms with van der Waals surface area (Å²) in [5.74, 6) is -6.77. The number of carbonyl (C=O) groups excluding carboxylic acids is 4. The average molecular weight is 685 g/mol. The van der Waals surface area contributed by atoms with Gasteiger partial charge in [0, 0.05) is 62.9 Å². The van der Waals surface area contributed by atoms with Crippen LogP contribution in [0.15, 0.2) is 42.6 Å². The highest BCUT2D eigenvalue weighted by molar-refractivity contribution is 5.91. The highest BCUT2D eigenvalue weighted by Gasteiger charge is 2.44. The molecule has 4 amide bonds. The molecule has 268 valence electrons. The zero-order chi connectivity index (χ0) is 35.6. The molecule has 11 nitrogen and oxygen atoms in total. The number of halogens is 2. The van der Waals surface area contributed by atoms with Gasteiger partial charge in [0.2, 0.25) is 23.6 Å². The minimum Gasteiger partial charge on any atom is -0.481 e. The second-order valence-electron chi connectivity index (χ2n) is 13.1. The van der Waals surface area contributed by atoms with E-state index in [0.29, 0.717) is 25.9 Å². The normalized spacial score (nSPS) is 18.0. The Labute approximate surface area is 287 Å². The van der Waals surface area contributed by atoms with Crippen LogP contribution in [0.4, 0.5) is 8.78 Å². The third-order valence-corrected chi connectivity index (χ3v) is 9.72. The van der Waals surface area contributed by atoms with E-state index < -0.39 is 35.4 Å². The van der Waals surface area contributed by atoms with E-state index in [2.05, 4.69) is 25.8 Å². The fraction of sp³-hybridized carbons (Fsp3) is 0.583. The van der Waals surface area contributed by atoms with Gasteiger partial charge in [-0.15, -0.1) is 0 Å². The predicted molar refractivity (Wildman–Crippen MR) is 181 cm³/mol. The maximum Gasteiger partial charge on any atom is 0.351 e. The van der Waals surface area contributed by atoms with Crippen LogP contribution in [-0.2, 0) is 31.6 Å². The standard InChI is InChI=1S/C36H50F2N6O5/c1-5-29(45)41-31(34(47)44-20-18-43(3)19-21-44)24(2)26-14-12-25(13-15-26)22-40-33(46)32(27-10-8-6-7-9-11-27)42-35(48)36(37,38)28-16-17-30(49-4)39-23-28/h12-17,23-24,27,31-32H,5-11,18-22H2,1-4H3,(H,40,46)(H,41,45)(H,42,48)/t24?,31-,32+/m1/s1. The molecule has 1 aromatic heterocycles. The van der Waals surface area contributed by atoms with Crippen LogP contribution < -0.4 is 20.7 Å². The number of rotatable bonds is 13. The summed E-state index contributed by atoms with van der Waals surface area (Å²) >= 11 is 0. The van der Waals surface area contributed by atoms with Crippen molar-refractivity contribution >= 4 is 23.6 Å². The fourth-order valence-electron chi connectivity index (χ4n) is 6.42. The van der Waals surface area contributed by atoms with Gasteiger partial charge in [0.25, 0.3) is 5.91 Å². The molecule has 2 aliphatic rings. The minimum absolute atomic E-state index is 0.112. The lowest BCUT2D eigenvalue weighted by Crippen LogP contribution is -2.55. The van der Waals surface area contributed by atoms with Crippen molar-refractivity contribution in [3.63, 3.8) is 0 Å². The Hall–Kier alpha value is -4.13. The van der Waals surface area contributed by atoms with E-state index in [4.69, 9.17) is 4.74 Å². The molecule has 2 aromatic rings. The second-order valence-corrected chi connectivity index (χ2v) is 13.1. The molecule has 1 aliphatic heterocycles. The summed E-state index contributed by atoms with van der Waals surface area (Å²) in [5.41, 5.74) is 1.00. The number of alkyl halides is 2. The van der Waals surface area contributed by atoms with E-state index in [0.717, 1.165) is 62.2 Å². The summed E-state index contributed by atoms with van der Waals surface area (Å²) in [6, 6.07) is 7.86. The molecule has 1 aliphatic carbocycles. The first-order valence-electron chi connectivity index (χ1n) is 17.3. The number of nitrogens with zero attached hydrogens (tertiary/aromatic N) is 3. The molecule has 1 saturated carbocycles. The minimum atomic E-state index is -3.91. The smallest absolute Gasteiger partial charge is 0.351 e. The first kappa shape index (κ1) is 37.7. The van der Waals surface area contributed by atoms with Gasteiger partial charge in [-0.2, -0.15) is 8.78 Å². The van der Waals surface area contributed by atoms with Crippen LogP contribution in [0.1, 0.15) is 81.4 Å². The number of nitrogens with one attached hydrogen (secondary N) is 3. The van der Waals surface area contributed by atoms with Crippen LogP contribution in [0.5, 0.6) is 5.88 Å². The number of methoxy groups -OCH3 is 1. The molecule has 0 spiro atoms. The molecule has 3 atom stereocenters. The fourth-order valence-corrected chi connectivity index (χ4v) is 6.42. The van der Waals surface area contributed by atoms with Crippen LogP contribution in [-0.4, -0.2) is 90.8 Å². The van der Waals surface area contributed by atoms with E-state index in [1.54, 1.807) is 11.8 Å². The Morgan fingerprint density at radius 1 is 0.959 bits per heavy atom.